The maximum Gasteiger partial charge on any atom is 0.0599 e. The van der Waals surface area contributed by atoms with E-state index >= 15 is 0 Å². The lowest BCUT2D eigenvalue weighted by molar-refractivity contribution is 0.0364. The van der Waals surface area contributed by atoms with Crippen LogP contribution in [-0.4, -0.2) is 11.2 Å². The van der Waals surface area contributed by atoms with Crippen molar-refractivity contribution in [2.45, 2.75) is 45.6 Å². The highest BCUT2D eigenvalue weighted by atomic mass is 16.3. The molecule has 2 rings (SSSR count). The molecule has 4 atom stereocenters. The van der Waals surface area contributed by atoms with Gasteiger partial charge in [-0.25, -0.2) is 0 Å². The average Bonchev–Trinajstić information content (AvgIpc) is 2.38. The van der Waals surface area contributed by atoms with Crippen molar-refractivity contribution in [1.82, 2.24) is 0 Å². The van der Waals surface area contributed by atoms with E-state index in [0.29, 0.717) is 5.41 Å². The monoisotopic (exact) mass is 154 g/mol. The highest BCUT2D eigenvalue weighted by molar-refractivity contribution is 5.04. The van der Waals surface area contributed by atoms with Gasteiger partial charge in [-0.15, -0.1) is 0 Å². The molecule has 0 aromatic carbocycles. The van der Waals surface area contributed by atoms with Crippen LogP contribution < -0.4 is 0 Å². The SMILES string of the molecule is CCC1[C@H]2CC[C@]1(C)[C@H](O)C2. The molecule has 11 heavy (non-hydrogen) atoms. The molecule has 0 amide bonds. The third kappa shape index (κ3) is 0.807. The Morgan fingerprint density at radius 2 is 2.27 bits per heavy atom. The molecular formula is C10H18O. The van der Waals surface area contributed by atoms with Gasteiger partial charge in [0.15, 0.2) is 0 Å². The van der Waals surface area contributed by atoms with Crippen molar-refractivity contribution in [2.75, 3.05) is 0 Å². The smallest absolute Gasteiger partial charge is 0.0599 e. The lowest BCUT2D eigenvalue weighted by Gasteiger charge is -2.30. The summed E-state index contributed by atoms with van der Waals surface area (Å²) in [5.41, 5.74) is 0.291. The van der Waals surface area contributed by atoms with Gasteiger partial charge in [0, 0.05) is 0 Å². The summed E-state index contributed by atoms with van der Waals surface area (Å²) in [4.78, 5) is 0. The van der Waals surface area contributed by atoms with Gasteiger partial charge in [0.2, 0.25) is 0 Å². The van der Waals surface area contributed by atoms with Crippen molar-refractivity contribution in [1.29, 1.82) is 0 Å². The average molecular weight is 154 g/mol. The van der Waals surface area contributed by atoms with E-state index in [2.05, 4.69) is 13.8 Å². The molecule has 0 saturated heterocycles. The Hall–Kier alpha value is -0.0400. The van der Waals surface area contributed by atoms with Crippen LogP contribution in [0.2, 0.25) is 0 Å². The van der Waals surface area contributed by atoms with Gasteiger partial charge < -0.3 is 5.11 Å². The fourth-order valence-electron chi connectivity index (χ4n) is 3.47. The van der Waals surface area contributed by atoms with Crippen molar-refractivity contribution < 1.29 is 5.11 Å². The predicted octanol–water partition coefficient (Wildman–Crippen LogP) is 2.19. The normalized spacial score (nSPS) is 55.4. The fraction of sp³-hybridized carbons (Fsp3) is 1.00. The van der Waals surface area contributed by atoms with Gasteiger partial charge in [0.05, 0.1) is 6.10 Å². The van der Waals surface area contributed by atoms with Crippen LogP contribution in [0.3, 0.4) is 0 Å². The number of aliphatic hydroxyl groups is 1. The largest absolute Gasteiger partial charge is 0.393 e. The summed E-state index contributed by atoms with van der Waals surface area (Å²) < 4.78 is 0. The molecule has 0 heterocycles. The zero-order valence-corrected chi connectivity index (χ0v) is 7.51. The van der Waals surface area contributed by atoms with Crippen molar-refractivity contribution in [2.24, 2.45) is 17.3 Å². The highest BCUT2D eigenvalue weighted by Gasteiger charge is 2.54. The van der Waals surface area contributed by atoms with E-state index in [0.717, 1.165) is 18.3 Å². The summed E-state index contributed by atoms with van der Waals surface area (Å²) in [5, 5.41) is 9.78. The Morgan fingerprint density at radius 3 is 2.55 bits per heavy atom. The minimum atomic E-state index is 0.00574. The molecule has 2 bridgehead atoms. The van der Waals surface area contributed by atoms with Gasteiger partial charge >= 0.3 is 0 Å². The summed E-state index contributed by atoms with van der Waals surface area (Å²) in [6, 6.07) is 0. The molecule has 2 aliphatic rings. The van der Waals surface area contributed by atoms with Crippen LogP contribution in [0.4, 0.5) is 0 Å². The third-order valence-corrected chi connectivity index (χ3v) is 4.20. The molecule has 2 fully saturated rings. The Balaban J connectivity index is 2.24. The van der Waals surface area contributed by atoms with Crippen molar-refractivity contribution in [3.8, 4) is 0 Å². The second-order valence-electron chi connectivity index (χ2n) is 4.57. The lowest BCUT2D eigenvalue weighted by atomic mass is 9.78. The molecule has 2 aliphatic carbocycles. The molecule has 1 unspecified atom stereocenters. The Kier molecular flexibility index (Phi) is 1.54. The molecule has 0 radical (unpaired) electrons. The van der Waals surface area contributed by atoms with Crippen molar-refractivity contribution >= 4 is 0 Å². The topological polar surface area (TPSA) is 20.2 Å². The van der Waals surface area contributed by atoms with E-state index in [9.17, 15) is 5.11 Å². The van der Waals surface area contributed by atoms with Crippen LogP contribution in [0.1, 0.15) is 39.5 Å². The molecule has 2 saturated carbocycles. The van der Waals surface area contributed by atoms with Gasteiger partial charge in [0.1, 0.15) is 0 Å². The zero-order chi connectivity index (χ0) is 8.06. The second kappa shape index (κ2) is 2.22. The molecule has 0 spiro atoms. The van der Waals surface area contributed by atoms with Gasteiger partial charge in [-0.1, -0.05) is 20.3 Å². The predicted molar refractivity (Wildman–Crippen MR) is 45.2 cm³/mol. The van der Waals surface area contributed by atoms with E-state index in [1.54, 1.807) is 0 Å². The number of hydrogen-bond acceptors (Lipinski definition) is 1. The molecule has 0 aliphatic heterocycles. The molecule has 64 valence electrons. The first-order chi connectivity index (χ1) is 5.18. The number of rotatable bonds is 1. The van der Waals surface area contributed by atoms with Gasteiger partial charge in [-0.05, 0) is 36.5 Å². The first-order valence-corrected chi connectivity index (χ1v) is 4.86. The standard InChI is InChI=1S/C10H18O/c1-3-8-7-4-5-10(8,2)9(11)6-7/h7-9,11H,3-6H2,1-2H3/t7-,8?,9+,10-/m0/s1. The number of aliphatic hydroxyl groups excluding tert-OH is 1. The van der Waals surface area contributed by atoms with E-state index < -0.39 is 0 Å². The maximum atomic E-state index is 9.78. The Labute approximate surface area is 68.8 Å². The number of hydrogen-bond donors (Lipinski definition) is 1. The van der Waals surface area contributed by atoms with E-state index in [1.165, 1.54) is 19.3 Å². The highest BCUT2D eigenvalue weighted by Crippen LogP contribution is 2.59. The summed E-state index contributed by atoms with van der Waals surface area (Å²) >= 11 is 0. The van der Waals surface area contributed by atoms with Gasteiger partial charge in [-0.3, -0.25) is 0 Å². The van der Waals surface area contributed by atoms with E-state index in [1.807, 2.05) is 0 Å². The van der Waals surface area contributed by atoms with E-state index in [-0.39, 0.29) is 6.10 Å². The minimum Gasteiger partial charge on any atom is -0.393 e. The van der Waals surface area contributed by atoms with Crippen LogP contribution >= 0.6 is 0 Å². The fourth-order valence-corrected chi connectivity index (χ4v) is 3.47. The molecular weight excluding hydrogens is 136 g/mol. The summed E-state index contributed by atoms with van der Waals surface area (Å²) in [5.74, 6) is 1.66. The van der Waals surface area contributed by atoms with Gasteiger partial charge in [0.25, 0.3) is 0 Å². The first-order valence-electron chi connectivity index (χ1n) is 4.86. The lowest BCUT2D eigenvalue weighted by Crippen LogP contribution is -2.30. The minimum absolute atomic E-state index is 0.00574. The molecule has 1 nitrogen and oxygen atoms in total. The summed E-state index contributed by atoms with van der Waals surface area (Å²) in [7, 11) is 0. The van der Waals surface area contributed by atoms with Crippen LogP contribution in [0.5, 0.6) is 0 Å². The van der Waals surface area contributed by atoms with Crippen LogP contribution in [0, 0.1) is 17.3 Å². The van der Waals surface area contributed by atoms with Crippen molar-refractivity contribution in [3.05, 3.63) is 0 Å². The quantitative estimate of drug-likeness (QED) is 0.614. The summed E-state index contributed by atoms with van der Waals surface area (Å²) in [6.45, 7) is 4.54. The Bertz CT molecular complexity index is 166. The van der Waals surface area contributed by atoms with Crippen molar-refractivity contribution in [3.63, 3.8) is 0 Å². The molecule has 1 heteroatoms. The van der Waals surface area contributed by atoms with Gasteiger partial charge in [-0.2, -0.15) is 0 Å². The first kappa shape index (κ1) is 7.60. The summed E-state index contributed by atoms with van der Waals surface area (Å²) in [6.07, 6.45) is 4.97. The van der Waals surface area contributed by atoms with Crippen LogP contribution in [0.25, 0.3) is 0 Å². The Morgan fingerprint density at radius 1 is 1.55 bits per heavy atom. The number of fused-ring (bicyclic) bond motifs is 2. The molecule has 1 N–H and O–H groups in total. The molecule has 0 aromatic heterocycles. The zero-order valence-electron chi connectivity index (χ0n) is 7.51. The molecule has 0 aromatic rings. The third-order valence-electron chi connectivity index (χ3n) is 4.20. The van der Waals surface area contributed by atoms with E-state index in [4.69, 9.17) is 0 Å². The van der Waals surface area contributed by atoms with Crippen LogP contribution in [0.15, 0.2) is 0 Å². The second-order valence-corrected chi connectivity index (χ2v) is 4.57. The van der Waals surface area contributed by atoms with Crippen LogP contribution in [-0.2, 0) is 0 Å². The maximum absolute atomic E-state index is 9.78.